The standard InChI is InChI=1S/C7H11N3O6S2/c1-17(13,14)2-3-18(15,16)10-6-4-5(7(11)12)8-9-6/h4H,2-3H2,1H3,(H,11,12)(H2,8,9,10). The molecule has 0 aliphatic rings. The van der Waals surface area contributed by atoms with E-state index in [-0.39, 0.29) is 11.5 Å². The molecule has 0 radical (unpaired) electrons. The molecule has 0 aromatic carbocycles. The third-order valence-corrected chi connectivity index (χ3v) is 4.26. The molecular weight excluding hydrogens is 286 g/mol. The van der Waals surface area contributed by atoms with Crippen molar-refractivity contribution >= 4 is 31.6 Å². The number of aromatic amines is 1. The Bertz CT molecular complexity index is 644. The number of rotatable bonds is 6. The largest absolute Gasteiger partial charge is 0.477 e. The van der Waals surface area contributed by atoms with Crippen LogP contribution in [0, 0.1) is 0 Å². The van der Waals surface area contributed by atoms with Gasteiger partial charge in [0.25, 0.3) is 0 Å². The number of anilines is 1. The van der Waals surface area contributed by atoms with Gasteiger partial charge in [0.15, 0.2) is 5.82 Å². The molecule has 11 heteroatoms. The molecule has 0 spiro atoms. The molecule has 102 valence electrons. The van der Waals surface area contributed by atoms with Crippen LogP contribution in [0.5, 0.6) is 0 Å². The highest BCUT2D eigenvalue weighted by Crippen LogP contribution is 2.08. The van der Waals surface area contributed by atoms with Gasteiger partial charge < -0.3 is 5.11 Å². The molecular formula is C7H11N3O6S2. The minimum absolute atomic E-state index is 0.207. The lowest BCUT2D eigenvalue weighted by Gasteiger charge is -2.03. The second-order valence-corrected chi connectivity index (χ2v) is 7.62. The molecule has 1 aromatic heterocycles. The van der Waals surface area contributed by atoms with E-state index in [0.29, 0.717) is 0 Å². The molecule has 9 nitrogen and oxygen atoms in total. The Morgan fingerprint density at radius 2 is 2.00 bits per heavy atom. The smallest absolute Gasteiger partial charge is 0.353 e. The quantitative estimate of drug-likeness (QED) is 0.603. The summed E-state index contributed by atoms with van der Waals surface area (Å²) in [6.07, 6.45) is 0.916. The summed E-state index contributed by atoms with van der Waals surface area (Å²) in [5.41, 5.74) is -0.282. The number of nitrogens with zero attached hydrogens (tertiary/aromatic N) is 1. The van der Waals surface area contributed by atoms with Crippen LogP contribution in [-0.2, 0) is 19.9 Å². The van der Waals surface area contributed by atoms with Crippen molar-refractivity contribution in [1.82, 2.24) is 10.2 Å². The lowest BCUT2D eigenvalue weighted by Crippen LogP contribution is -2.22. The van der Waals surface area contributed by atoms with Crippen molar-refractivity contribution in [3.8, 4) is 0 Å². The van der Waals surface area contributed by atoms with Gasteiger partial charge in [0.2, 0.25) is 10.0 Å². The van der Waals surface area contributed by atoms with E-state index in [0.717, 1.165) is 12.3 Å². The predicted molar refractivity (Wildman–Crippen MR) is 62.7 cm³/mol. The summed E-state index contributed by atoms with van der Waals surface area (Å²) in [5.74, 6) is -2.65. The van der Waals surface area contributed by atoms with E-state index >= 15 is 0 Å². The fourth-order valence-corrected chi connectivity index (χ4v) is 3.57. The van der Waals surface area contributed by atoms with Crippen LogP contribution in [0.3, 0.4) is 0 Å². The second kappa shape index (κ2) is 4.94. The summed E-state index contributed by atoms with van der Waals surface area (Å²) in [5, 5.41) is 14.1. The molecule has 0 bridgehead atoms. The van der Waals surface area contributed by atoms with E-state index in [1.54, 1.807) is 0 Å². The highest BCUT2D eigenvalue weighted by Gasteiger charge is 2.17. The van der Waals surface area contributed by atoms with Crippen LogP contribution < -0.4 is 4.72 Å². The number of hydrogen-bond acceptors (Lipinski definition) is 6. The number of carboxylic acids is 1. The lowest BCUT2D eigenvalue weighted by molar-refractivity contribution is 0.0690. The summed E-state index contributed by atoms with van der Waals surface area (Å²) in [6, 6.07) is 0.986. The zero-order chi connectivity index (χ0) is 14.0. The van der Waals surface area contributed by atoms with Gasteiger partial charge in [-0.3, -0.25) is 9.82 Å². The van der Waals surface area contributed by atoms with Gasteiger partial charge >= 0.3 is 5.97 Å². The van der Waals surface area contributed by atoms with Crippen LogP contribution in [-0.4, -0.2) is 55.9 Å². The van der Waals surface area contributed by atoms with E-state index in [9.17, 15) is 21.6 Å². The Kier molecular flexibility index (Phi) is 3.96. The van der Waals surface area contributed by atoms with Gasteiger partial charge in [0.05, 0.1) is 11.5 Å². The maximum atomic E-state index is 11.4. The summed E-state index contributed by atoms with van der Waals surface area (Å²) >= 11 is 0. The summed E-state index contributed by atoms with van der Waals surface area (Å²) in [4.78, 5) is 10.5. The zero-order valence-corrected chi connectivity index (χ0v) is 10.9. The van der Waals surface area contributed by atoms with Crippen molar-refractivity contribution in [2.75, 3.05) is 22.5 Å². The molecule has 0 unspecified atom stereocenters. The van der Waals surface area contributed by atoms with E-state index in [1.807, 2.05) is 4.72 Å². The summed E-state index contributed by atoms with van der Waals surface area (Å²) in [6.45, 7) is 0. The fourth-order valence-electron chi connectivity index (χ4n) is 0.955. The number of aromatic carboxylic acids is 1. The van der Waals surface area contributed by atoms with Gasteiger partial charge in [0, 0.05) is 12.3 Å². The lowest BCUT2D eigenvalue weighted by atomic mass is 10.4. The van der Waals surface area contributed by atoms with E-state index in [4.69, 9.17) is 5.11 Å². The monoisotopic (exact) mass is 297 g/mol. The van der Waals surface area contributed by atoms with E-state index in [2.05, 4.69) is 10.2 Å². The van der Waals surface area contributed by atoms with Crippen molar-refractivity contribution in [2.45, 2.75) is 0 Å². The van der Waals surface area contributed by atoms with Crippen molar-refractivity contribution < 1.29 is 26.7 Å². The SMILES string of the molecule is CS(=O)(=O)CCS(=O)(=O)Nc1cc(C(=O)O)[nH]n1. The van der Waals surface area contributed by atoms with Crippen molar-refractivity contribution in [3.63, 3.8) is 0 Å². The highest BCUT2D eigenvalue weighted by molar-refractivity contribution is 7.95. The van der Waals surface area contributed by atoms with Gasteiger partial charge in [-0.1, -0.05) is 0 Å². The van der Waals surface area contributed by atoms with Crippen LogP contribution in [0.2, 0.25) is 0 Å². The Balaban J connectivity index is 2.73. The second-order valence-electron chi connectivity index (χ2n) is 3.52. The van der Waals surface area contributed by atoms with Gasteiger partial charge in [-0.15, -0.1) is 0 Å². The molecule has 1 heterocycles. The van der Waals surface area contributed by atoms with Crippen LogP contribution in [0.4, 0.5) is 5.82 Å². The molecule has 18 heavy (non-hydrogen) atoms. The first-order valence-corrected chi connectivity index (χ1v) is 8.27. The third-order valence-electron chi connectivity index (χ3n) is 1.79. The Labute approximate surface area is 103 Å². The van der Waals surface area contributed by atoms with Gasteiger partial charge in [-0.25, -0.2) is 21.6 Å². The maximum absolute atomic E-state index is 11.4. The van der Waals surface area contributed by atoms with Gasteiger partial charge in [-0.05, 0) is 0 Å². The number of H-pyrrole nitrogens is 1. The summed E-state index contributed by atoms with van der Waals surface area (Å²) in [7, 11) is -7.28. The maximum Gasteiger partial charge on any atom is 0.353 e. The third kappa shape index (κ3) is 4.71. The average Bonchev–Trinajstić information content (AvgIpc) is 2.62. The first-order chi connectivity index (χ1) is 8.09. The van der Waals surface area contributed by atoms with Crippen molar-refractivity contribution in [1.29, 1.82) is 0 Å². The number of aromatic nitrogens is 2. The van der Waals surface area contributed by atoms with E-state index in [1.165, 1.54) is 0 Å². The molecule has 0 aliphatic heterocycles. The molecule has 1 aromatic rings. The van der Waals surface area contributed by atoms with Crippen LogP contribution in [0.25, 0.3) is 0 Å². The molecule has 0 aliphatic carbocycles. The topological polar surface area (TPSA) is 146 Å². The number of carbonyl (C=O) groups is 1. The molecule has 0 atom stereocenters. The minimum atomic E-state index is -3.88. The molecule has 1 rings (SSSR count). The number of sulfone groups is 1. The number of sulfonamides is 1. The molecule has 0 saturated heterocycles. The van der Waals surface area contributed by atoms with Gasteiger partial charge in [0.1, 0.15) is 15.5 Å². The van der Waals surface area contributed by atoms with E-state index < -0.39 is 37.3 Å². The van der Waals surface area contributed by atoms with Crippen LogP contribution >= 0.6 is 0 Å². The Hall–Kier alpha value is -1.62. The molecule has 0 saturated carbocycles. The number of nitrogens with one attached hydrogen (secondary N) is 2. The normalized spacial score (nSPS) is 12.3. The first-order valence-electron chi connectivity index (χ1n) is 4.56. The van der Waals surface area contributed by atoms with Crippen LogP contribution in [0.1, 0.15) is 10.5 Å². The van der Waals surface area contributed by atoms with Crippen molar-refractivity contribution in [2.24, 2.45) is 0 Å². The zero-order valence-electron chi connectivity index (χ0n) is 9.24. The highest BCUT2D eigenvalue weighted by atomic mass is 32.2. The first kappa shape index (κ1) is 14.4. The Morgan fingerprint density at radius 1 is 1.39 bits per heavy atom. The van der Waals surface area contributed by atoms with Crippen molar-refractivity contribution in [3.05, 3.63) is 11.8 Å². The Morgan fingerprint density at radius 3 is 2.44 bits per heavy atom. The average molecular weight is 297 g/mol. The molecule has 0 amide bonds. The number of carboxylic acid groups (broad SMARTS) is 1. The van der Waals surface area contributed by atoms with Gasteiger partial charge in [-0.2, -0.15) is 5.10 Å². The minimum Gasteiger partial charge on any atom is -0.477 e. The predicted octanol–water partition coefficient (Wildman–Crippen LogP) is -1.11. The van der Waals surface area contributed by atoms with Crippen LogP contribution in [0.15, 0.2) is 6.07 Å². The number of hydrogen-bond donors (Lipinski definition) is 3. The molecule has 0 fully saturated rings. The fraction of sp³-hybridized carbons (Fsp3) is 0.429. The summed E-state index contributed by atoms with van der Waals surface area (Å²) < 4.78 is 46.5. The molecule has 3 N–H and O–H groups in total.